The van der Waals surface area contributed by atoms with E-state index in [1.54, 1.807) is 11.3 Å². The largest absolute Gasteiger partial charge is 0.317 e. The van der Waals surface area contributed by atoms with Gasteiger partial charge in [-0.05, 0) is 48.9 Å². The Labute approximate surface area is 144 Å². The first-order valence-electron chi connectivity index (χ1n) is 7.39. The van der Waals surface area contributed by atoms with Gasteiger partial charge in [-0.25, -0.2) is 4.98 Å². The summed E-state index contributed by atoms with van der Waals surface area (Å²) in [7, 11) is 0. The number of aryl methyl sites for hydroxylation is 3. The molecule has 1 aromatic carbocycles. The Morgan fingerprint density at radius 1 is 1.13 bits per heavy atom. The molecule has 0 atom stereocenters. The number of amides is 1. The summed E-state index contributed by atoms with van der Waals surface area (Å²) in [4.78, 5) is 16.8. The molecule has 23 heavy (non-hydrogen) atoms. The smallest absolute Gasteiger partial charge is 0.229 e. The molecule has 118 valence electrons. The lowest BCUT2D eigenvalue weighted by Crippen LogP contribution is -2.14. The van der Waals surface area contributed by atoms with Gasteiger partial charge in [-0.15, -0.1) is 22.7 Å². The molecule has 0 radical (unpaired) electrons. The number of carbonyl (C=O) groups is 1. The van der Waals surface area contributed by atoms with Gasteiger partial charge in [-0.1, -0.05) is 18.2 Å². The molecule has 0 saturated carbocycles. The first-order chi connectivity index (χ1) is 11.0. The minimum absolute atomic E-state index is 0.00484. The Kier molecular flexibility index (Phi) is 4.59. The lowest BCUT2D eigenvalue weighted by atomic mass is 10.0. The number of rotatable bonds is 4. The van der Waals surface area contributed by atoms with E-state index in [0.29, 0.717) is 6.42 Å². The highest BCUT2D eigenvalue weighted by Crippen LogP contribution is 2.35. The van der Waals surface area contributed by atoms with Gasteiger partial charge in [0.15, 0.2) is 0 Å². The zero-order chi connectivity index (χ0) is 16.4. The summed E-state index contributed by atoms with van der Waals surface area (Å²) >= 11 is 3.13. The maximum absolute atomic E-state index is 12.3. The Balaban J connectivity index is 1.73. The van der Waals surface area contributed by atoms with Gasteiger partial charge < -0.3 is 5.32 Å². The molecule has 0 aliphatic heterocycles. The molecule has 1 N–H and O–H groups in total. The summed E-state index contributed by atoms with van der Waals surface area (Å²) in [6.07, 6.45) is 0.384. The molecule has 5 heteroatoms. The van der Waals surface area contributed by atoms with Crippen LogP contribution >= 0.6 is 22.7 Å². The van der Waals surface area contributed by atoms with Crippen LogP contribution < -0.4 is 5.32 Å². The van der Waals surface area contributed by atoms with Gasteiger partial charge >= 0.3 is 0 Å². The molecule has 0 unspecified atom stereocenters. The van der Waals surface area contributed by atoms with Crippen molar-refractivity contribution < 1.29 is 4.79 Å². The second-order valence-electron chi connectivity index (χ2n) is 5.60. The van der Waals surface area contributed by atoms with Gasteiger partial charge in [0.1, 0.15) is 10.0 Å². The summed E-state index contributed by atoms with van der Waals surface area (Å²) < 4.78 is 0. The van der Waals surface area contributed by atoms with Gasteiger partial charge in [0.2, 0.25) is 5.91 Å². The molecule has 0 fully saturated rings. The number of aromatic nitrogens is 1. The van der Waals surface area contributed by atoms with Gasteiger partial charge in [0.25, 0.3) is 0 Å². The van der Waals surface area contributed by atoms with Crippen LogP contribution in [-0.2, 0) is 11.2 Å². The molecular weight excluding hydrogens is 324 g/mol. The van der Waals surface area contributed by atoms with Crippen molar-refractivity contribution in [3.63, 3.8) is 0 Å². The second kappa shape index (κ2) is 6.64. The van der Waals surface area contributed by atoms with Crippen molar-refractivity contribution in [2.24, 2.45) is 0 Å². The lowest BCUT2D eigenvalue weighted by molar-refractivity contribution is -0.115. The van der Waals surface area contributed by atoms with E-state index < -0.39 is 0 Å². The number of thiophene rings is 1. The van der Waals surface area contributed by atoms with Crippen LogP contribution in [0.25, 0.3) is 10.6 Å². The van der Waals surface area contributed by atoms with E-state index in [4.69, 9.17) is 0 Å². The fraction of sp³-hybridized carbons (Fsp3) is 0.222. The van der Waals surface area contributed by atoms with Gasteiger partial charge in [0, 0.05) is 16.6 Å². The highest BCUT2D eigenvalue weighted by Gasteiger charge is 2.13. The molecule has 1 amide bonds. The number of thiazole rings is 1. The normalized spacial score (nSPS) is 10.7. The van der Waals surface area contributed by atoms with Crippen LogP contribution in [0.1, 0.15) is 22.4 Å². The van der Waals surface area contributed by atoms with Gasteiger partial charge in [-0.3, -0.25) is 4.79 Å². The molecule has 3 aromatic rings. The van der Waals surface area contributed by atoms with E-state index in [9.17, 15) is 4.79 Å². The van der Waals surface area contributed by atoms with E-state index in [0.717, 1.165) is 26.8 Å². The fourth-order valence-corrected chi connectivity index (χ4v) is 4.02. The highest BCUT2D eigenvalue weighted by molar-refractivity contribution is 7.17. The van der Waals surface area contributed by atoms with E-state index in [1.165, 1.54) is 22.5 Å². The minimum Gasteiger partial charge on any atom is -0.317 e. The predicted molar refractivity (Wildman–Crippen MR) is 98.4 cm³/mol. The molecule has 0 saturated heterocycles. The third-order valence-electron chi connectivity index (χ3n) is 3.70. The molecule has 3 rings (SSSR count). The average molecular weight is 342 g/mol. The average Bonchev–Trinajstić information content (AvgIpc) is 3.11. The van der Waals surface area contributed by atoms with Crippen molar-refractivity contribution in [2.45, 2.75) is 27.2 Å². The van der Waals surface area contributed by atoms with Crippen LogP contribution in [0, 0.1) is 20.8 Å². The molecule has 0 aliphatic rings. The number of nitrogens with one attached hydrogen (secondary N) is 1. The van der Waals surface area contributed by atoms with Crippen LogP contribution in [0.5, 0.6) is 0 Å². The first-order valence-corrected chi connectivity index (χ1v) is 9.15. The van der Waals surface area contributed by atoms with Crippen molar-refractivity contribution in [1.82, 2.24) is 4.98 Å². The molecule has 0 aliphatic carbocycles. The van der Waals surface area contributed by atoms with Crippen LogP contribution in [0.15, 0.2) is 35.0 Å². The van der Waals surface area contributed by atoms with Gasteiger partial charge in [0.05, 0.1) is 6.42 Å². The summed E-state index contributed by atoms with van der Waals surface area (Å²) in [5, 5.41) is 8.85. The number of carbonyl (C=O) groups excluding carboxylic acids is 1. The quantitative estimate of drug-likeness (QED) is 0.726. The standard InChI is InChI=1S/C18H18N2OS2/c1-11-4-5-14(8-12(11)2)9-16(21)20-18-15(6-7-22-18)17-19-13(3)10-23-17/h4-8,10H,9H2,1-3H3,(H,20,21). The van der Waals surface area contributed by atoms with E-state index in [2.05, 4.69) is 36.3 Å². The SMILES string of the molecule is Cc1csc(-c2ccsc2NC(=O)Cc2ccc(C)c(C)c2)n1. The topological polar surface area (TPSA) is 42.0 Å². The van der Waals surface area contributed by atoms with E-state index in [1.807, 2.05) is 29.8 Å². The Bertz CT molecular complexity index is 848. The lowest BCUT2D eigenvalue weighted by Gasteiger charge is -2.07. The Morgan fingerprint density at radius 3 is 2.65 bits per heavy atom. The van der Waals surface area contributed by atoms with Crippen molar-refractivity contribution in [3.05, 3.63) is 57.4 Å². The summed E-state index contributed by atoms with van der Waals surface area (Å²) in [6.45, 7) is 6.12. The maximum atomic E-state index is 12.3. The van der Waals surface area contributed by atoms with Crippen LogP contribution in [0.3, 0.4) is 0 Å². The summed E-state index contributed by atoms with van der Waals surface area (Å²) in [5.41, 5.74) is 5.50. The van der Waals surface area contributed by atoms with Crippen molar-refractivity contribution >= 4 is 33.6 Å². The monoisotopic (exact) mass is 342 g/mol. The van der Waals surface area contributed by atoms with E-state index in [-0.39, 0.29) is 5.91 Å². The third kappa shape index (κ3) is 3.68. The maximum Gasteiger partial charge on any atom is 0.229 e. The molecule has 2 aromatic heterocycles. The van der Waals surface area contributed by atoms with Crippen LogP contribution in [-0.4, -0.2) is 10.9 Å². The zero-order valence-electron chi connectivity index (χ0n) is 13.3. The third-order valence-corrected chi connectivity index (χ3v) is 5.53. The minimum atomic E-state index is 0.00484. The second-order valence-corrected chi connectivity index (χ2v) is 7.38. The molecule has 0 spiro atoms. The first kappa shape index (κ1) is 15.9. The summed E-state index contributed by atoms with van der Waals surface area (Å²) in [5.74, 6) is 0.00484. The van der Waals surface area contributed by atoms with E-state index >= 15 is 0 Å². The highest BCUT2D eigenvalue weighted by atomic mass is 32.1. The number of hydrogen-bond acceptors (Lipinski definition) is 4. The molecule has 3 nitrogen and oxygen atoms in total. The molecule has 2 heterocycles. The summed E-state index contributed by atoms with van der Waals surface area (Å²) in [6, 6.07) is 8.16. The predicted octanol–water partition coefficient (Wildman–Crippen LogP) is 4.98. The van der Waals surface area contributed by atoms with Crippen molar-refractivity contribution in [2.75, 3.05) is 5.32 Å². The fourth-order valence-electron chi connectivity index (χ4n) is 2.32. The Hall–Kier alpha value is -1.98. The number of benzene rings is 1. The molecular formula is C18H18N2OS2. The van der Waals surface area contributed by atoms with Gasteiger partial charge in [-0.2, -0.15) is 0 Å². The van der Waals surface area contributed by atoms with Crippen molar-refractivity contribution in [3.8, 4) is 10.6 Å². The van der Waals surface area contributed by atoms with Crippen LogP contribution in [0.4, 0.5) is 5.00 Å². The van der Waals surface area contributed by atoms with Crippen molar-refractivity contribution in [1.29, 1.82) is 0 Å². The Morgan fingerprint density at radius 2 is 1.96 bits per heavy atom. The zero-order valence-corrected chi connectivity index (χ0v) is 15.0. The number of anilines is 1. The van der Waals surface area contributed by atoms with Crippen LogP contribution in [0.2, 0.25) is 0 Å². The number of hydrogen-bond donors (Lipinski definition) is 1. The molecule has 0 bridgehead atoms. The number of nitrogens with zero attached hydrogens (tertiary/aromatic N) is 1.